The second kappa shape index (κ2) is 5.61. The highest BCUT2D eigenvalue weighted by Crippen LogP contribution is 2.09. The number of hydrogen-bond donors (Lipinski definition) is 1. The van der Waals surface area contributed by atoms with Crippen molar-refractivity contribution in [3.63, 3.8) is 0 Å². The summed E-state index contributed by atoms with van der Waals surface area (Å²) in [7, 11) is 4.58. The summed E-state index contributed by atoms with van der Waals surface area (Å²) >= 11 is 0. The maximum absolute atomic E-state index is 5.33. The lowest BCUT2D eigenvalue weighted by Gasteiger charge is -2.19. The molecule has 0 saturated carbocycles. The van der Waals surface area contributed by atoms with E-state index in [1.54, 1.807) is 7.11 Å². The van der Waals surface area contributed by atoms with Gasteiger partial charge in [0.25, 0.3) is 6.29 Å². The van der Waals surface area contributed by atoms with Crippen molar-refractivity contribution in [3.8, 4) is 0 Å². The van der Waals surface area contributed by atoms with Crippen molar-refractivity contribution in [2.24, 2.45) is 5.73 Å². The summed E-state index contributed by atoms with van der Waals surface area (Å²) in [6, 6.07) is 0. The summed E-state index contributed by atoms with van der Waals surface area (Å²) in [5, 5.41) is 0. The Morgan fingerprint density at radius 3 is 1.90 bits per heavy atom. The van der Waals surface area contributed by atoms with Gasteiger partial charge in [-0.05, 0) is 0 Å². The standard InChI is InChI=1S/C6H14NO3/c1-8-5(4-7)6(9-2)10-3/h5H,4,7H2,1-3H3. The number of nitrogens with two attached hydrogens (primary N) is 1. The Bertz CT molecular complexity index is 61.4. The molecule has 0 rings (SSSR count). The second-order valence-electron chi connectivity index (χ2n) is 1.69. The van der Waals surface area contributed by atoms with Gasteiger partial charge in [0.2, 0.25) is 0 Å². The van der Waals surface area contributed by atoms with Gasteiger partial charge >= 0.3 is 0 Å². The van der Waals surface area contributed by atoms with Crippen LogP contribution in [0.2, 0.25) is 0 Å². The average molecular weight is 148 g/mol. The third-order valence-electron chi connectivity index (χ3n) is 1.16. The third-order valence-corrected chi connectivity index (χ3v) is 1.16. The quantitative estimate of drug-likeness (QED) is 0.583. The van der Waals surface area contributed by atoms with Crippen molar-refractivity contribution in [2.75, 3.05) is 27.9 Å². The van der Waals surface area contributed by atoms with Crippen molar-refractivity contribution in [2.45, 2.75) is 6.10 Å². The molecule has 4 heteroatoms. The van der Waals surface area contributed by atoms with Crippen LogP contribution < -0.4 is 5.73 Å². The molecule has 1 radical (unpaired) electrons. The molecule has 0 aromatic carbocycles. The topological polar surface area (TPSA) is 53.7 Å². The van der Waals surface area contributed by atoms with Crippen LogP contribution in [0.3, 0.4) is 0 Å². The Morgan fingerprint density at radius 1 is 1.30 bits per heavy atom. The van der Waals surface area contributed by atoms with Crippen LogP contribution in [-0.2, 0) is 14.2 Å². The van der Waals surface area contributed by atoms with Crippen LogP contribution in [0.4, 0.5) is 0 Å². The molecule has 0 bridgehead atoms. The van der Waals surface area contributed by atoms with Crippen LogP contribution in [0.15, 0.2) is 0 Å². The van der Waals surface area contributed by atoms with Crippen molar-refractivity contribution in [1.29, 1.82) is 0 Å². The molecule has 0 aliphatic rings. The van der Waals surface area contributed by atoms with E-state index < -0.39 is 0 Å². The van der Waals surface area contributed by atoms with Crippen LogP contribution >= 0.6 is 0 Å². The predicted octanol–water partition coefficient (Wildman–Crippen LogP) is -0.258. The predicted molar refractivity (Wildman–Crippen MR) is 37.1 cm³/mol. The van der Waals surface area contributed by atoms with E-state index in [-0.39, 0.29) is 6.10 Å². The molecule has 0 fully saturated rings. The molecule has 0 aliphatic carbocycles. The molecule has 0 spiro atoms. The van der Waals surface area contributed by atoms with E-state index in [2.05, 4.69) is 0 Å². The molecule has 4 nitrogen and oxygen atoms in total. The molecule has 0 aromatic rings. The number of hydrogen-bond acceptors (Lipinski definition) is 4. The van der Waals surface area contributed by atoms with Crippen LogP contribution in [0.5, 0.6) is 0 Å². The first-order chi connectivity index (χ1) is 4.79. The zero-order valence-electron chi connectivity index (χ0n) is 6.59. The van der Waals surface area contributed by atoms with Crippen molar-refractivity contribution in [1.82, 2.24) is 0 Å². The zero-order valence-corrected chi connectivity index (χ0v) is 6.59. The van der Waals surface area contributed by atoms with E-state index >= 15 is 0 Å². The summed E-state index contributed by atoms with van der Waals surface area (Å²) < 4.78 is 14.6. The Morgan fingerprint density at radius 2 is 1.80 bits per heavy atom. The van der Waals surface area contributed by atoms with E-state index in [1.807, 2.05) is 0 Å². The van der Waals surface area contributed by atoms with Gasteiger partial charge in [-0.2, -0.15) is 0 Å². The second-order valence-corrected chi connectivity index (χ2v) is 1.69. The van der Waals surface area contributed by atoms with Gasteiger partial charge in [-0.3, -0.25) is 0 Å². The molecule has 0 heterocycles. The molecule has 0 amide bonds. The third kappa shape index (κ3) is 2.62. The maximum Gasteiger partial charge on any atom is 0.254 e. The molecule has 0 saturated heterocycles. The smallest absolute Gasteiger partial charge is 0.254 e. The molecule has 1 unspecified atom stereocenters. The number of rotatable bonds is 5. The van der Waals surface area contributed by atoms with Gasteiger partial charge in [0.15, 0.2) is 0 Å². The molecular formula is C6H14NO3. The molecule has 10 heavy (non-hydrogen) atoms. The Balaban J connectivity index is 3.70. The fourth-order valence-corrected chi connectivity index (χ4v) is 0.635. The lowest BCUT2D eigenvalue weighted by molar-refractivity contribution is -0.0790. The number of ether oxygens (including phenoxy) is 3. The van der Waals surface area contributed by atoms with Gasteiger partial charge in [0, 0.05) is 27.9 Å². The van der Waals surface area contributed by atoms with Crippen LogP contribution in [-0.4, -0.2) is 34.0 Å². The number of methoxy groups -OCH3 is 3. The summed E-state index contributed by atoms with van der Waals surface area (Å²) in [6.07, 6.45) is 0.139. The highest BCUT2D eigenvalue weighted by molar-refractivity contribution is 4.77. The largest absolute Gasteiger partial charge is 0.374 e. The normalized spacial score (nSPS) is 14.1. The van der Waals surface area contributed by atoms with Gasteiger partial charge in [0.1, 0.15) is 6.10 Å². The Hall–Kier alpha value is -0.160. The van der Waals surface area contributed by atoms with Crippen LogP contribution in [0.25, 0.3) is 0 Å². The fourth-order valence-electron chi connectivity index (χ4n) is 0.635. The van der Waals surface area contributed by atoms with E-state index in [9.17, 15) is 0 Å². The highest BCUT2D eigenvalue weighted by atomic mass is 16.7. The Labute approximate surface area is 61.2 Å². The average Bonchev–Trinajstić information content (AvgIpc) is 2.00. The molecule has 61 valence electrons. The van der Waals surface area contributed by atoms with Crippen LogP contribution in [0.1, 0.15) is 0 Å². The monoisotopic (exact) mass is 148 g/mol. The lowest BCUT2D eigenvalue weighted by Crippen LogP contribution is -2.31. The van der Waals surface area contributed by atoms with E-state index in [4.69, 9.17) is 19.9 Å². The first kappa shape index (κ1) is 9.84. The van der Waals surface area contributed by atoms with Crippen molar-refractivity contribution >= 4 is 0 Å². The van der Waals surface area contributed by atoms with Crippen molar-refractivity contribution < 1.29 is 14.2 Å². The minimum atomic E-state index is -0.269. The molecule has 0 aliphatic heterocycles. The maximum atomic E-state index is 5.33. The first-order valence-corrected chi connectivity index (χ1v) is 2.97. The van der Waals surface area contributed by atoms with Crippen molar-refractivity contribution in [3.05, 3.63) is 6.29 Å². The summed E-state index contributed by atoms with van der Waals surface area (Å²) in [5.41, 5.74) is 5.33. The highest BCUT2D eigenvalue weighted by Gasteiger charge is 2.20. The molecular weight excluding hydrogens is 134 g/mol. The van der Waals surface area contributed by atoms with E-state index in [0.29, 0.717) is 12.8 Å². The molecule has 2 N–H and O–H groups in total. The fraction of sp³-hybridized carbons (Fsp3) is 0.833. The molecule has 0 aromatic heterocycles. The summed E-state index contributed by atoms with van der Waals surface area (Å²) in [6.45, 7) is 0.355. The zero-order chi connectivity index (χ0) is 7.98. The lowest BCUT2D eigenvalue weighted by atomic mass is 10.3. The van der Waals surface area contributed by atoms with Gasteiger partial charge in [-0.1, -0.05) is 0 Å². The van der Waals surface area contributed by atoms with Gasteiger partial charge < -0.3 is 19.9 Å². The van der Waals surface area contributed by atoms with Gasteiger partial charge in [0.05, 0.1) is 0 Å². The van der Waals surface area contributed by atoms with E-state index in [0.717, 1.165) is 0 Å². The van der Waals surface area contributed by atoms with Gasteiger partial charge in [-0.15, -0.1) is 0 Å². The molecule has 1 atom stereocenters. The Kier molecular flexibility index (Phi) is 5.52. The van der Waals surface area contributed by atoms with Gasteiger partial charge in [-0.25, -0.2) is 0 Å². The van der Waals surface area contributed by atoms with Crippen LogP contribution in [0, 0.1) is 6.29 Å². The summed E-state index contributed by atoms with van der Waals surface area (Å²) in [4.78, 5) is 0. The minimum Gasteiger partial charge on any atom is -0.374 e. The summed E-state index contributed by atoms with van der Waals surface area (Å²) in [5.74, 6) is 0. The SMILES string of the molecule is CO[C](OC)C(CN)OC. The van der Waals surface area contributed by atoms with E-state index in [1.165, 1.54) is 14.2 Å². The minimum absolute atomic E-state index is 0.269. The first-order valence-electron chi connectivity index (χ1n) is 2.97.